The van der Waals surface area contributed by atoms with Crippen molar-refractivity contribution in [2.75, 3.05) is 12.8 Å². The van der Waals surface area contributed by atoms with Gasteiger partial charge < -0.3 is 14.6 Å². The summed E-state index contributed by atoms with van der Waals surface area (Å²) in [5.74, 6) is 0.770. The Hall–Kier alpha value is -2.16. The number of hydrogen-bond acceptors (Lipinski definition) is 5. The molecule has 27 heavy (non-hydrogen) atoms. The molecule has 0 aliphatic rings. The molecule has 0 fully saturated rings. The predicted octanol–water partition coefficient (Wildman–Crippen LogP) is 3.62. The lowest BCUT2D eigenvalue weighted by Gasteiger charge is -2.12. The molecular weight excluding hydrogens is 374 g/mol. The number of aryl methyl sites for hydroxylation is 1. The lowest BCUT2D eigenvalue weighted by molar-refractivity contribution is -0.0501. The van der Waals surface area contributed by atoms with Crippen LogP contribution in [0.15, 0.2) is 29.4 Å². The highest BCUT2D eigenvalue weighted by Crippen LogP contribution is 2.20. The summed E-state index contributed by atoms with van der Waals surface area (Å²) in [5, 5.41) is 12.0. The van der Waals surface area contributed by atoms with E-state index in [9.17, 15) is 13.6 Å². The number of ether oxygens (including phenoxy) is 1. The Morgan fingerprint density at radius 3 is 2.70 bits per heavy atom. The first-order valence-electron chi connectivity index (χ1n) is 8.70. The minimum Gasteiger partial charge on any atom is -0.434 e. The molecule has 0 radical (unpaired) electrons. The van der Waals surface area contributed by atoms with E-state index in [1.165, 1.54) is 12.1 Å². The van der Waals surface area contributed by atoms with Crippen LogP contribution >= 0.6 is 11.8 Å². The van der Waals surface area contributed by atoms with Gasteiger partial charge in [0.15, 0.2) is 5.16 Å². The Balaban J connectivity index is 1.91. The number of rotatable bonds is 10. The van der Waals surface area contributed by atoms with E-state index in [1.54, 1.807) is 23.9 Å². The Morgan fingerprint density at radius 1 is 1.30 bits per heavy atom. The number of halogens is 2. The number of carbonyl (C=O) groups is 1. The highest BCUT2D eigenvalue weighted by Gasteiger charge is 2.16. The lowest BCUT2D eigenvalue weighted by Crippen LogP contribution is -2.26. The second-order valence-corrected chi connectivity index (χ2v) is 7.11. The van der Waals surface area contributed by atoms with E-state index in [-0.39, 0.29) is 11.3 Å². The van der Waals surface area contributed by atoms with Crippen LogP contribution in [0.4, 0.5) is 8.78 Å². The van der Waals surface area contributed by atoms with E-state index >= 15 is 0 Å². The van der Waals surface area contributed by atoms with Crippen LogP contribution in [0.1, 0.15) is 36.5 Å². The Morgan fingerprint density at radius 2 is 2.04 bits per heavy atom. The van der Waals surface area contributed by atoms with Crippen LogP contribution < -0.4 is 10.1 Å². The Kier molecular flexibility index (Phi) is 8.02. The fourth-order valence-corrected chi connectivity index (χ4v) is 3.12. The largest absolute Gasteiger partial charge is 0.434 e. The summed E-state index contributed by atoms with van der Waals surface area (Å²) >= 11 is 1.55. The fraction of sp³-hybridized carbons (Fsp3) is 0.500. The average molecular weight is 398 g/mol. The van der Waals surface area contributed by atoms with Crippen LogP contribution in [0.25, 0.3) is 0 Å². The number of benzene rings is 1. The number of thioether (sulfide) groups is 1. The zero-order chi connectivity index (χ0) is 19.8. The van der Waals surface area contributed by atoms with Gasteiger partial charge in [-0.1, -0.05) is 37.7 Å². The topological polar surface area (TPSA) is 69.0 Å². The normalized spacial score (nSPS) is 11.2. The molecule has 0 saturated heterocycles. The Labute approximate surface area is 161 Å². The minimum absolute atomic E-state index is 0.0884. The smallest absolute Gasteiger partial charge is 0.387 e. The van der Waals surface area contributed by atoms with Crippen molar-refractivity contribution < 1.29 is 18.3 Å². The average Bonchev–Trinajstić information content (AvgIpc) is 2.99. The second kappa shape index (κ2) is 10.2. The molecule has 2 rings (SSSR count). The van der Waals surface area contributed by atoms with Gasteiger partial charge in [0, 0.05) is 19.5 Å². The molecule has 2 aromatic rings. The lowest BCUT2D eigenvalue weighted by atomic mass is 10.2. The molecule has 1 amide bonds. The first-order valence-corrected chi connectivity index (χ1v) is 9.93. The van der Waals surface area contributed by atoms with Crippen LogP contribution in [0.3, 0.4) is 0 Å². The molecule has 1 N–H and O–H groups in total. The molecule has 0 aliphatic heterocycles. The van der Waals surface area contributed by atoms with Gasteiger partial charge in [-0.05, 0) is 30.7 Å². The quantitative estimate of drug-likeness (QED) is 0.489. The number of amides is 1. The van der Waals surface area contributed by atoms with Crippen molar-refractivity contribution in [2.45, 2.75) is 45.0 Å². The third-order valence-electron chi connectivity index (χ3n) is 3.73. The third-order valence-corrected chi connectivity index (χ3v) is 4.40. The highest BCUT2D eigenvalue weighted by molar-refractivity contribution is 7.98. The van der Waals surface area contributed by atoms with Gasteiger partial charge in [0.1, 0.15) is 11.6 Å². The van der Waals surface area contributed by atoms with Crippen molar-refractivity contribution in [3.63, 3.8) is 0 Å². The molecule has 0 aliphatic carbocycles. The number of hydrogen-bond donors (Lipinski definition) is 1. The summed E-state index contributed by atoms with van der Waals surface area (Å²) in [6.45, 7) is 2.52. The van der Waals surface area contributed by atoms with Crippen molar-refractivity contribution in [1.29, 1.82) is 0 Å². The van der Waals surface area contributed by atoms with Crippen LogP contribution in [0.5, 0.6) is 5.75 Å². The fourth-order valence-electron chi connectivity index (χ4n) is 2.60. The number of para-hydroxylation sites is 1. The van der Waals surface area contributed by atoms with E-state index in [0.29, 0.717) is 25.3 Å². The Bertz CT molecular complexity index is 753. The van der Waals surface area contributed by atoms with Gasteiger partial charge >= 0.3 is 6.61 Å². The number of aromatic nitrogens is 3. The maximum absolute atomic E-state index is 12.4. The van der Waals surface area contributed by atoms with Crippen molar-refractivity contribution in [3.05, 3.63) is 35.7 Å². The SMILES string of the molecule is CSc1nnc(CCCNC(=O)c2ccccc2OC(F)F)n1CC(C)C. The van der Waals surface area contributed by atoms with Crippen molar-refractivity contribution >= 4 is 17.7 Å². The van der Waals surface area contributed by atoms with Gasteiger partial charge in [-0.2, -0.15) is 8.78 Å². The van der Waals surface area contributed by atoms with Crippen molar-refractivity contribution in [1.82, 2.24) is 20.1 Å². The number of carbonyl (C=O) groups excluding carboxylic acids is 1. The van der Waals surface area contributed by atoms with Crippen molar-refractivity contribution in [2.24, 2.45) is 5.92 Å². The van der Waals surface area contributed by atoms with Gasteiger partial charge in [0.2, 0.25) is 0 Å². The third kappa shape index (κ3) is 6.20. The first kappa shape index (κ1) is 21.1. The maximum atomic E-state index is 12.4. The molecule has 1 heterocycles. The van der Waals surface area contributed by atoms with E-state index in [4.69, 9.17) is 0 Å². The summed E-state index contributed by atoms with van der Waals surface area (Å²) in [4.78, 5) is 12.2. The van der Waals surface area contributed by atoms with E-state index in [2.05, 4.69) is 38.7 Å². The molecule has 1 aromatic heterocycles. The molecule has 6 nitrogen and oxygen atoms in total. The minimum atomic E-state index is -2.98. The maximum Gasteiger partial charge on any atom is 0.387 e. The van der Waals surface area contributed by atoms with Gasteiger partial charge in [-0.3, -0.25) is 4.79 Å². The zero-order valence-electron chi connectivity index (χ0n) is 15.6. The van der Waals surface area contributed by atoms with Crippen LogP contribution in [-0.4, -0.2) is 40.1 Å². The summed E-state index contributed by atoms with van der Waals surface area (Å²) in [6, 6.07) is 5.95. The number of nitrogens with one attached hydrogen (secondary N) is 1. The standard InChI is InChI=1S/C18H24F2N4O2S/c1-12(2)11-24-15(22-23-18(24)27-3)9-6-10-21-16(25)13-7-4-5-8-14(13)26-17(19)20/h4-5,7-8,12,17H,6,9-11H2,1-3H3,(H,21,25). The van der Waals surface area contributed by atoms with E-state index in [1.807, 2.05) is 6.26 Å². The monoisotopic (exact) mass is 398 g/mol. The summed E-state index contributed by atoms with van der Waals surface area (Å²) in [7, 11) is 0. The zero-order valence-corrected chi connectivity index (χ0v) is 16.4. The highest BCUT2D eigenvalue weighted by atomic mass is 32.2. The van der Waals surface area contributed by atoms with Gasteiger partial charge in [-0.25, -0.2) is 0 Å². The molecule has 1 aromatic carbocycles. The molecule has 0 bridgehead atoms. The summed E-state index contributed by atoms with van der Waals surface area (Å²) in [5.41, 5.74) is 0.0884. The molecule has 0 saturated carbocycles. The summed E-state index contributed by atoms with van der Waals surface area (Å²) in [6.07, 6.45) is 3.29. The van der Waals surface area contributed by atoms with Crippen LogP contribution in [0.2, 0.25) is 0 Å². The molecule has 0 atom stereocenters. The second-order valence-electron chi connectivity index (χ2n) is 6.34. The first-order chi connectivity index (χ1) is 12.9. The van der Waals surface area contributed by atoms with E-state index < -0.39 is 12.5 Å². The predicted molar refractivity (Wildman–Crippen MR) is 100 cm³/mol. The van der Waals surface area contributed by atoms with Crippen LogP contribution in [0, 0.1) is 5.92 Å². The van der Waals surface area contributed by atoms with Crippen LogP contribution in [-0.2, 0) is 13.0 Å². The molecule has 0 spiro atoms. The number of nitrogens with zero attached hydrogens (tertiary/aromatic N) is 3. The van der Waals surface area contributed by atoms with Gasteiger partial charge in [0.05, 0.1) is 5.56 Å². The molecule has 9 heteroatoms. The molecule has 148 valence electrons. The summed E-state index contributed by atoms with van der Waals surface area (Å²) < 4.78 is 31.4. The van der Waals surface area contributed by atoms with Crippen molar-refractivity contribution in [3.8, 4) is 5.75 Å². The van der Waals surface area contributed by atoms with Gasteiger partial charge in [0.25, 0.3) is 5.91 Å². The van der Waals surface area contributed by atoms with E-state index in [0.717, 1.165) is 17.5 Å². The molecular formula is C18H24F2N4O2S. The molecule has 0 unspecified atom stereocenters. The number of alkyl halides is 2. The van der Waals surface area contributed by atoms with Gasteiger partial charge in [-0.15, -0.1) is 10.2 Å².